The van der Waals surface area contributed by atoms with Crippen LogP contribution in [0, 0.1) is 0 Å². The molecule has 0 unspecified atom stereocenters. The number of aromatic amines is 1. The molecule has 4 nitrogen and oxygen atoms in total. The van der Waals surface area contributed by atoms with Gasteiger partial charge < -0.3 is 9.88 Å². The highest BCUT2D eigenvalue weighted by atomic mass is 16.1. The molecule has 1 aliphatic heterocycles. The molecule has 1 N–H and O–H groups in total. The maximum atomic E-state index is 11.8. The van der Waals surface area contributed by atoms with Crippen LogP contribution in [-0.2, 0) is 6.42 Å². The van der Waals surface area contributed by atoms with E-state index in [1.165, 1.54) is 5.56 Å². The number of benzene rings is 1. The summed E-state index contributed by atoms with van der Waals surface area (Å²) in [6, 6.07) is 12.0. The Kier molecular flexibility index (Phi) is 2.74. The van der Waals surface area contributed by atoms with Gasteiger partial charge in [-0.2, -0.15) is 0 Å². The number of H-pyrrole nitrogens is 1. The summed E-state index contributed by atoms with van der Waals surface area (Å²) in [6.07, 6.45) is 5.72. The molecule has 0 aliphatic carbocycles. The lowest BCUT2D eigenvalue weighted by atomic mass is 10.0. The van der Waals surface area contributed by atoms with E-state index in [2.05, 4.69) is 27.0 Å². The van der Waals surface area contributed by atoms with Gasteiger partial charge in [-0.05, 0) is 54.1 Å². The van der Waals surface area contributed by atoms with E-state index in [1.807, 2.05) is 30.5 Å². The van der Waals surface area contributed by atoms with Gasteiger partial charge in [0.15, 0.2) is 0 Å². The quantitative estimate of drug-likeness (QED) is 0.744. The van der Waals surface area contributed by atoms with Crippen LogP contribution in [0.3, 0.4) is 0 Å². The zero-order chi connectivity index (χ0) is 14.2. The fraction of sp³-hybridized carbons (Fsp3) is 0.176. The number of anilines is 2. The van der Waals surface area contributed by atoms with Crippen LogP contribution in [0.25, 0.3) is 10.8 Å². The van der Waals surface area contributed by atoms with Gasteiger partial charge in [0.1, 0.15) is 5.82 Å². The van der Waals surface area contributed by atoms with Crippen LogP contribution in [0.1, 0.15) is 12.0 Å². The van der Waals surface area contributed by atoms with Crippen LogP contribution in [0.2, 0.25) is 0 Å². The number of aryl methyl sites for hydroxylation is 1. The van der Waals surface area contributed by atoms with Gasteiger partial charge in [0.05, 0.1) is 0 Å². The minimum atomic E-state index is -0.0452. The third-order valence-corrected chi connectivity index (χ3v) is 4.02. The standard InChI is InChI=1S/C17H15N3O/c21-17-15-6-5-14(11-13(15)7-9-19-17)20-10-2-4-12-3-1-8-18-16(12)20/h1,3,5-9,11H,2,4,10H2,(H,19,21). The monoisotopic (exact) mass is 277 g/mol. The molecule has 0 spiro atoms. The molecule has 104 valence electrons. The summed E-state index contributed by atoms with van der Waals surface area (Å²) in [5.74, 6) is 1.04. The first-order valence-electron chi connectivity index (χ1n) is 7.16. The van der Waals surface area contributed by atoms with E-state index in [9.17, 15) is 4.79 Å². The highest BCUT2D eigenvalue weighted by molar-refractivity contribution is 5.86. The first-order chi connectivity index (χ1) is 10.3. The second-order valence-corrected chi connectivity index (χ2v) is 5.32. The van der Waals surface area contributed by atoms with Crippen LogP contribution < -0.4 is 10.5 Å². The maximum absolute atomic E-state index is 11.8. The molecule has 21 heavy (non-hydrogen) atoms. The molecular formula is C17H15N3O. The number of aromatic nitrogens is 2. The van der Waals surface area contributed by atoms with Crippen LogP contribution in [0.5, 0.6) is 0 Å². The number of pyridine rings is 2. The SMILES string of the molecule is O=c1[nH]ccc2cc(N3CCCc4cccnc43)ccc12. The molecule has 0 radical (unpaired) electrons. The van der Waals surface area contributed by atoms with Crippen molar-refractivity contribution in [1.82, 2.24) is 9.97 Å². The number of nitrogens with one attached hydrogen (secondary N) is 1. The molecular weight excluding hydrogens is 262 g/mol. The van der Waals surface area contributed by atoms with Crippen molar-refractivity contribution < 1.29 is 0 Å². The maximum Gasteiger partial charge on any atom is 0.255 e. The average molecular weight is 277 g/mol. The molecule has 0 amide bonds. The van der Waals surface area contributed by atoms with E-state index in [4.69, 9.17) is 0 Å². The summed E-state index contributed by atoms with van der Waals surface area (Å²) >= 11 is 0. The van der Waals surface area contributed by atoms with Gasteiger partial charge in [-0.1, -0.05) is 6.07 Å². The van der Waals surface area contributed by atoms with Gasteiger partial charge in [0, 0.05) is 30.0 Å². The molecule has 0 atom stereocenters. The third kappa shape index (κ3) is 2.00. The summed E-state index contributed by atoms with van der Waals surface area (Å²) < 4.78 is 0. The van der Waals surface area contributed by atoms with E-state index in [-0.39, 0.29) is 5.56 Å². The van der Waals surface area contributed by atoms with Crippen LogP contribution in [-0.4, -0.2) is 16.5 Å². The largest absolute Gasteiger partial charge is 0.329 e. The average Bonchev–Trinajstić information content (AvgIpc) is 2.54. The molecule has 3 heterocycles. The zero-order valence-corrected chi connectivity index (χ0v) is 11.5. The Labute approximate surface area is 122 Å². The van der Waals surface area contributed by atoms with Gasteiger partial charge in [0.25, 0.3) is 5.56 Å². The third-order valence-electron chi connectivity index (χ3n) is 4.02. The predicted octanol–water partition coefficient (Wildman–Crippen LogP) is 3.01. The van der Waals surface area contributed by atoms with Crippen LogP contribution in [0.4, 0.5) is 11.5 Å². The molecule has 2 aromatic heterocycles. The van der Waals surface area contributed by atoms with Crippen LogP contribution in [0.15, 0.2) is 53.6 Å². The first-order valence-corrected chi connectivity index (χ1v) is 7.16. The molecule has 1 aromatic carbocycles. The fourth-order valence-corrected chi connectivity index (χ4v) is 3.00. The summed E-state index contributed by atoms with van der Waals surface area (Å²) in [4.78, 5) is 21.3. The Hall–Kier alpha value is -2.62. The smallest absolute Gasteiger partial charge is 0.255 e. The number of hydrogen-bond acceptors (Lipinski definition) is 3. The van der Waals surface area contributed by atoms with E-state index < -0.39 is 0 Å². The lowest BCUT2D eigenvalue weighted by molar-refractivity contribution is 0.753. The summed E-state index contributed by atoms with van der Waals surface area (Å²) in [5, 5.41) is 1.68. The lowest BCUT2D eigenvalue weighted by Gasteiger charge is -2.30. The molecule has 1 aliphatic rings. The minimum absolute atomic E-state index is 0.0452. The predicted molar refractivity (Wildman–Crippen MR) is 84.1 cm³/mol. The van der Waals surface area contributed by atoms with Crippen molar-refractivity contribution >= 4 is 22.3 Å². The van der Waals surface area contributed by atoms with Gasteiger partial charge in [-0.15, -0.1) is 0 Å². The lowest BCUT2D eigenvalue weighted by Crippen LogP contribution is -2.25. The number of rotatable bonds is 1. The number of fused-ring (bicyclic) bond motifs is 2. The topological polar surface area (TPSA) is 49.0 Å². The highest BCUT2D eigenvalue weighted by Crippen LogP contribution is 2.32. The Morgan fingerprint density at radius 2 is 2.14 bits per heavy atom. The zero-order valence-electron chi connectivity index (χ0n) is 11.5. The summed E-state index contributed by atoms with van der Waals surface area (Å²) in [7, 11) is 0. The number of nitrogens with zero attached hydrogens (tertiary/aromatic N) is 2. The summed E-state index contributed by atoms with van der Waals surface area (Å²) in [5.41, 5.74) is 2.33. The Balaban J connectivity index is 1.86. The molecule has 4 heteroatoms. The second kappa shape index (κ2) is 4.74. The molecule has 0 fully saturated rings. The van der Waals surface area contributed by atoms with Gasteiger partial charge in [0.2, 0.25) is 0 Å². The van der Waals surface area contributed by atoms with Crippen molar-refractivity contribution in [2.45, 2.75) is 12.8 Å². The Morgan fingerprint density at radius 3 is 3.10 bits per heavy atom. The first kappa shape index (κ1) is 12.1. The minimum Gasteiger partial charge on any atom is -0.329 e. The van der Waals surface area contributed by atoms with Gasteiger partial charge in [-0.3, -0.25) is 4.79 Å². The van der Waals surface area contributed by atoms with Crippen molar-refractivity contribution in [3.63, 3.8) is 0 Å². The summed E-state index contributed by atoms with van der Waals surface area (Å²) in [6.45, 7) is 0.957. The molecule has 3 aromatic rings. The molecule has 0 saturated carbocycles. The second-order valence-electron chi connectivity index (χ2n) is 5.32. The van der Waals surface area contributed by atoms with Crippen LogP contribution >= 0.6 is 0 Å². The number of hydrogen-bond donors (Lipinski definition) is 1. The highest BCUT2D eigenvalue weighted by Gasteiger charge is 2.19. The van der Waals surface area contributed by atoms with E-state index in [0.29, 0.717) is 0 Å². The van der Waals surface area contributed by atoms with Gasteiger partial charge >= 0.3 is 0 Å². The molecule has 4 rings (SSSR count). The van der Waals surface area contributed by atoms with Crippen molar-refractivity contribution in [3.05, 3.63) is 64.7 Å². The van der Waals surface area contributed by atoms with Crippen molar-refractivity contribution in [3.8, 4) is 0 Å². The van der Waals surface area contributed by atoms with E-state index in [0.717, 1.165) is 41.7 Å². The van der Waals surface area contributed by atoms with E-state index in [1.54, 1.807) is 6.20 Å². The Morgan fingerprint density at radius 1 is 1.19 bits per heavy atom. The Bertz CT molecular complexity index is 869. The normalized spacial score (nSPS) is 14.2. The molecule has 0 bridgehead atoms. The van der Waals surface area contributed by atoms with Crippen molar-refractivity contribution in [2.24, 2.45) is 0 Å². The fourth-order valence-electron chi connectivity index (χ4n) is 3.00. The van der Waals surface area contributed by atoms with Crippen molar-refractivity contribution in [2.75, 3.05) is 11.4 Å². The molecule has 0 saturated heterocycles. The van der Waals surface area contributed by atoms with Gasteiger partial charge in [-0.25, -0.2) is 4.98 Å². The van der Waals surface area contributed by atoms with Crippen molar-refractivity contribution in [1.29, 1.82) is 0 Å². The van der Waals surface area contributed by atoms with E-state index >= 15 is 0 Å².